The number of carbonyl (C=O) groups excluding carboxylic acids is 3. The van der Waals surface area contributed by atoms with Crippen molar-refractivity contribution in [2.45, 2.75) is 52.1 Å². The summed E-state index contributed by atoms with van der Waals surface area (Å²) in [6.07, 6.45) is 3.14. The number of hydrogen-bond donors (Lipinski definition) is 1. The maximum atomic E-state index is 13.0. The Morgan fingerprint density at radius 2 is 2.00 bits per heavy atom. The number of ether oxygens (including phenoxy) is 2. The molecule has 144 valence electrons. The van der Waals surface area contributed by atoms with E-state index in [0.29, 0.717) is 41.2 Å². The van der Waals surface area contributed by atoms with Crippen LogP contribution in [0.25, 0.3) is 0 Å². The van der Waals surface area contributed by atoms with Gasteiger partial charge in [-0.05, 0) is 63.6 Å². The SMILES string of the molecule is CCOC(=O)c1cccc(NC(=O)C2=C(C)C(=O)OC23CCC(C)CC3)c1. The molecule has 0 radical (unpaired) electrons. The predicted molar refractivity (Wildman–Crippen MR) is 100 cm³/mol. The van der Waals surface area contributed by atoms with Gasteiger partial charge in [0.2, 0.25) is 0 Å². The fourth-order valence-electron chi connectivity index (χ4n) is 3.84. The van der Waals surface area contributed by atoms with E-state index in [-0.39, 0.29) is 12.5 Å². The maximum Gasteiger partial charge on any atom is 0.338 e. The van der Waals surface area contributed by atoms with E-state index in [1.165, 1.54) is 0 Å². The Hall–Kier alpha value is -2.63. The van der Waals surface area contributed by atoms with Crippen LogP contribution in [0.3, 0.4) is 0 Å². The molecule has 1 spiro atoms. The van der Waals surface area contributed by atoms with Crippen LogP contribution in [-0.2, 0) is 19.1 Å². The fourth-order valence-corrected chi connectivity index (χ4v) is 3.84. The Morgan fingerprint density at radius 1 is 1.30 bits per heavy atom. The molecule has 0 bridgehead atoms. The number of esters is 2. The Labute approximate surface area is 158 Å². The molecule has 1 aliphatic carbocycles. The molecule has 1 amide bonds. The lowest BCUT2D eigenvalue weighted by Crippen LogP contribution is -2.40. The maximum absolute atomic E-state index is 13.0. The van der Waals surface area contributed by atoms with Crippen LogP contribution < -0.4 is 5.32 Å². The molecule has 1 saturated carbocycles. The van der Waals surface area contributed by atoms with Gasteiger partial charge in [0, 0.05) is 11.3 Å². The third-order valence-corrected chi connectivity index (χ3v) is 5.37. The van der Waals surface area contributed by atoms with E-state index < -0.39 is 17.5 Å². The minimum atomic E-state index is -0.823. The first-order valence-corrected chi connectivity index (χ1v) is 9.39. The second kappa shape index (κ2) is 7.55. The van der Waals surface area contributed by atoms with Crippen molar-refractivity contribution < 1.29 is 23.9 Å². The highest BCUT2D eigenvalue weighted by molar-refractivity contribution is 6.12. The fraction of sp³-hybridized carbons (Fsp3) is 0.476. The predicted octanol–water partition coefficient (Wildman–Crippen LogP) is 3.62. The quantitative estimate of drug-likeness (QED) is 0.818. The van der Waals surface area contributed by atoms with E-state index in [0.717, 1.165) is 12.8 Å². The molecule has 3 rings (SSSR count). The molecule has 1 aromatic carbocycles. The minimum absolute atomic E-state index is 0.280. The number of anilines is 1. The smallest absolute Gasteiger partial charge is 0.338 e. The van der Waals surface area contributed by atoms with Crippen LogP contribution in [0.5, 0.6) is 0 Å². The lowest BCUT2D eigenvalue weighted by Gasteiger charge is -2.36. The van der Waals surface area contributed by atoms with Crippen molar-refractivity contribution in [1.29, 1.82) is 0 Å². The van der Waals surface area contributed by atoms with Crippen LogP contribution in [0.1, 0.15) is 56.8 Å². The molecule has 1 fully saturated rings. The second-order valence-electron chi connectivity index (χ2n) is 7.32. The molecule has 1 heterocycles. The zero-order valence-electron chi connectivity index (χ0n) is 16.0. The van der Waals surface area contributed by atoms with Gasteiger partial charge in [-0.2, -0.15) is 0 Å². The largest absolute Gasteiger partial charge is 0.462 e. The molecular weight excluding hydrogens is 346 g/mol. The molecule has 1 N–H and O–H groups in total. The normalized spacial score (nSPS) is 24.7. The molecule has 1 aliphatic heterocycles. The van der Waals surface area contributed by atoms with Crippen molar-refractivity contribution in [2.24, 2.45) is 5.92 Å². The standard InChI is InChI=1S/C21H25NO5/c1-4-26-20(25)15-6-5-7-16(12-15)22-18(23)17-14(3)19(24)27-21(17)10-8-13(2)9-11-21/h5-7,12-13H,4,8-11H2,1-3H3,(H,22,23). The van der Waals surface area contributed by atoms with Gasteiger partial charge in [-0.1, -0.05) is 13.0 Å². The molecule has 0 aromatic heterocycles. The van der Waals surface area contributed by atoms with Gasteiger partial charge in [0.15, 0.2) is 0 Å². The molecular formula is C21H25NO5. The third-order valence-electron chi connectivity index (χ3n) is 5.37. The number of nitrogens with one attached hydrogen (secondary N) is 1. The monoisotopic (exact) mass is 371 g/mol. The molecule has 6 heteroatoms. The van der Waals surface area contributed by atoms with Crippen LogP contribution in [-0.4, -0.2) is 30.1 Å². The molecule has 27 heavy (non-hydrogen) atoms. The highest BCUT2D eigenvalue weighted by atomic mass is 16.6. The highest BCUT2D eigenvalue weighted by Gasteiger charge is 2.50. The summed E-state index contributed by atoms with van der Waals surface area (Å²) in [6, 6.07) is 6.57. The van der Waals surface area contributed by atoms with Gasteiger partial charge in [-0.15, -0.1) is 0 Å². The average Bonchev–Trinajstić information content (AvgIpc) is 2.88. The molecule has 2 aliphatic rings. The number of amides is 1. The van der Waals surface area contributed by atoms with Crippen molar-refractivity contribution in [3.8, 4) is 0 Å². The van der Waals surface area contributed by atoms with Crippen LogP contribution in [0.4, 0.5) is 5.69 Å². The van der Waals surface area contributed by atoms with Crippen LogP contribution in [0, 0.1) is 5.92 Å². The van der Waals surface area contributed by atoms with Crippen LogP contribution >= 0.6 is 0 Å². The lowest BCUT2D eigenvalue weighted by molar-refractivity contribution is -0.150. The summed E-state index contributed by atoms with van der Waals surface area (Å²) in [7, 11) is 0. The number of benzene rings is 1. The first-order valence-electron chi connectivity index (χ1n) is 9.39. The van der Waals surface area contributed by atoms with Crippen molar-refractivity contribution in [3.63, 3.8) is 0 Å². The van der Waals surface area contributed by atoms with E-state index in [4.69, 9.17) is 9.47 Å². The number of carbonyl (C=O) groups is 3. The first-order chi connectivity index (χ1) is 12.9. The Bertz CT molecular complexity index is 803. The van der Waals surface area contributed by atoms with Gasteiger partial charge >= 0.3 is 11.9 Å². The third kappa shape index (κ3) is 3.75. The van der Waals surface area contributed by atoms with Crippen LogP contribution in [0.15, 0.2) is 35.4 Å². The summed E-state index contributed by atoms with van der Waals surface area (Å²) in [5, 5.41) is 2.82. The summed E-state index contributed by atoms with van der Waals surface area (Å²) >= 11 is 0. The van der Waals surface area contributed by atoms with E-state index in [2.05, 4.69) is 12.2 Å². The molecule has 6 nitrogen and oxygen atoms in total. The Morgan fingerprint density at radius 3 is 2.67 bits per heavy atom. The zero-order chi connectivity index (χ0) is 19.6. The van der Waals surface area contributed by atoms with E-state index in [9.17, 15) is 14.4 Å². The van der Waals surface area contributed by atoms with Crippen LogP contribution in [0.2, 0.25) is 0 Å². The summed E-state index contributed by atoms with van der Waals surface area (Å²) in [4.78, 5) is 37.1. The summed E-state index contributed by atoms with van der Waals surface area (Å²) < 4.78 is 10.7. The van der Waals surface area contributed by atoms with Gasteiger partial charge < -0.3 is 14.8 Å². The van der Waals surface area contributed by atoms with Gasteiger partial charge in [0.05, 0.1) is 17.7 Å². The van der Waals surface area contributed by atoms with E-state index in [1.54, 1.807) is 38.1 Å². The van der Waals surface area contributed by atoms with Gasteiger partial charge in [0.1, 0.15) is 5.60 Å². The van der Waals surface area contributed by atoms with E-state index in [1.807, 2.05) is 0 Å². The number of hydrogen-bond acceptors (Lipinski definition) is 5. The summed E-state index contributed by atoms with van der Waals surface area (Å²) in [5.74, 6) is -0.661. The van der Waals surface area contributed by atoms with E-state index >= 15 is 0 Å². The number of rotatable bonds is 4. The molecule has 0 unspecified atom stereocenters. The van der Waals surface area contributed by atoms with Crippen molar-refractivity contribution in [3.05, 3.63) is 41.0 Å². The highest BCUT2D eigenvalue weighted by Crippen LogP contribution is 2.45. The second-order valence-corrected chi connectivity index (χ2v) is 7.32. The first kappa shape index (κ1) is 19.1. The summed E-state index contributed by atoms with van der Waals surface area (Å²) in [6.45, 7) is 5.82. The zero-order valence-corrected chi connectivity index (χ0v) is 16.0. The van der Waals surface area contributed by atoms with Gasteiger partial charge in [-0.3, -0.25) is 4.79 Å². The lowest BCUT2D eigenvalue weighted by atomic mass is 9.75. The van der Waals surface area contributed by atoms with Crippen molar-refractivity contribution >= 4 is 23.5 Å². The van der Waals surface area contributed by atoms with Gasteiger partial charge in [-0.25, -0.2) is 9.59 Å². The Kier molecular flexibility index (Phi) is 5.35. The van der Waals surface area contributed by atoms with Crippen molar-refractivity contribution in [1.82, 2.24) is 0 Å². The molecule has 0 saturated heterocycles. The molecule has 1 aromatic rings. The molecule has 0 atom stereocenters. The minimum Gasteiger partial charge on any atom is -0.462 e. The van der Waals surface area contributed by atoms with Gasteiger partial charge in [0.25, 0.3) is 5.91 Å². The topological polar surface area (TPSA) is 81.7 Å². The average molecular weight is 371 g/mol. The summed E-state index contributed by atoms with van der Waals surface area (Å²) in [5.41, 5.74) is 0.797. The van der Waals surface area contributed by atoms with Crippen molar-refractivity contribution in [2.75, 3.05) is 11.9 Å². The Balaban J connectivity index is 1.83.